The highest BCUT2D eigenvalue weighted by atomic mass is 16.5. The minimum atomic E-state index is 0.243. The van der Waals surface area contributed by atoms with E-state index in [1.807, 2.05) is 17.0 Å². The summed E-state index contributed by atoms with van der Waals surface area (Å²) in [6.45, 7) is 5.70. The third kappa shape index (κ3) is 3.32. The first-order chi connectivity index (χ1) is 10.6. The fraction of sp³-hybridized carbons (Fsp3) is 0.500. The SMILES string of the molecule is CC(C)CC(=O)N1CC(Cc2nc(-c3cccnc3)no2)C1. The summed E-state index contributed by atoms with van der Waals surface area (Å²) in [6.07, 6.45) is 4.77. The van der Waals surface area contributed by atoms with Crippen LogP contribution < -0.4 is 0 Å². The van der Waals surface area contributed by atoms with E-state index in [4.69, 9.17) is 4.52 Å². The van der Waals surface area contributed by atoms with E-state index in [1.165, 1.54) is 0 Å². The quantitative estimate of drug-likeness (QED) is 0.846. The maximum absolute atomic E-state index is 11.9. The molecule has 0 aliphatic carbocycles. The summed E-state index contributed by atoms with van der Waals surface area (Å²) in [4.78, 5) is 22.2. The first kappa shape index (κ1) is 14.7. The van der Waals surface area contributed by atoms with Gasteiger partial charge < -0.3 is 9.42 Å². The lowest BCUT2D eigenvalue weighted by atomic mass is 9.95. The summed E-state index contributed by atoms with van der Waals surface area (Å²) in [5, 5.41) is 3.98. The lowest BCUT2D eigenvalue weighted by Gasteiger charge is -2.39. The molecule has 22 heavy (non-hydrogen) atoms. The minimum absolute atomic E-state index is 0.243. The molecule has 0 N–H and O–H groups in total. The van der Waals surface area contributed by atoms with Crippen LogP contribution >= 0.6 is 0 Å². The number of amides is 1. The Bertz CT molecular complexity index is 633. The molecular weight excluding hydrogens is 280 g/mol. The van der Waals surface area contributed by atoms with Gasteiger partial charge in [-0.15, -0.1) is 0 Å². The van der Waals surface area contributed by atoms with Crippen LogP contribution in [0.2, 0.25) is 0 Å². The normalized spacial score (nSPS) is 15.1. The molecule has 0 atom stereocenters. The van der Waals surface area contributed by atoms with Crippen LogP contribution in [-0.2, 0) is 11.2 Å². The third-order valence-electron chi connectivity index (χ3n) is 3.74. The molecule has 6 heteroatoms. The summed E-state index contributed by atoms with van der Waals surface area (Å²) in [6, 6.07) is 3.74. The molecule has 0 unspecified atom stereocenters. The zero-order chi connectivity index (χ0) is 15.5. The summed E-state index contributed by atoms with van der Waals surface area (Å²) in [5.74, 6) is 2.26. The molecule has 0 saturated carbocycles. The first-order valence-electron chi connectivity index (χ1n) is 7.62. The number of aromatic nitrogens is 3. The molecule has 3 heterocycles. The molecule has 2 aromatic heterocycles. The third-order valence-corrected chi connectivity index (χ3v) is 3.74. The average molecular weight is 300 g/mol. The Labute approximate surface area is 129 Å². The van der Waals surface area contributed by atoms with E-state index in [2.05, 4.69) is 29.0 Å². The van der Waals surface area contributed by atoms with Gasteiger partial charge in [-0.25, -0.2) is 0 Å². The summed E-state index contributed by atoms with van der Waals surface area (Å²) in [5.41, 5.74) is 0.847. The van der Waals surface area contributed by atoms with Crippen molar-refractivity contribution in [3.05, 3.63) is 30.4 Å². The Hall–Kier alpha value is -2.24. The highest BCUT2D eigenvalue weighted by Crippen LogP contribution is 2.22. The molecule has 6 nitrogen and oxygen atoms in total. The van der Waals surface area contributed by atoms with Crippen molar-refractivity contribution in [2.45, 2.75) is 26.7 Å². The van der Waals surface area contributed by atoms with Crippen molar-refractivity contribution in [1.82, 2.24) is 20.0 Å². The van der Waals surface area contributed by atoms with Gasteiger partial charge in [0, 0.05) is 49.8 Å². The predicted molar refractivity (Wildman–Crippen MR) is 80.8 cm³/mol. The Morgan fingerprint density at radius 1 is 1.45 bits per heavy atom. The molecule has 2 aromatic rings. The van der Waals surface area contributed by atoms with Crippen LogP contribution in [0.5, 0.6) is 0 Å². The molecule has 0 spiro atoms. The summed E-state index contributed by atoms with van der Waals surface area (Å²) in [7, 11) is 0. The molecular formula is C16H20N4O2. The number of hydrogen-bond donors (Lipinski definition) is 0. The van der Waals surface area contributed by atoms with Crippen molar-refractivity contribution in [1.29, 1.82) is 0 Å². The van der Waals surface area contributed by atoms with E-state index in [0.717, 1.165) is 25.1 Å². The van der Waals surface area contributed by atoms with E-state index in [-0.39, 0.29) is 5.91 Å². The smallest absolute Gasteiger partial charge is 0.227 e. The van der Waals surface area contributed by atoms with Crippen molar-refractivity contribution in [3.8, 4) is 11.4 Å². The lowest BCUT2D eigenvalue weighted by molar-refractivity contribution is -0.138. The van der Waals surface area contributed by atoms with Gasteiger partial charge in [-0.2, -0.15) is 4.98 Å². The van der Waals surface area contributed by atoms with Crippen molar-refractivity contribution in [2.24, 2.45) is 11.8 Å². The fourth-order valence-corrected chi connectivity index (χ4v) is 2.58. The number of pyridine rings is 1. The lowest BCUT2D eigenvalue weighted by Crippen LogP contribution is -2.51. The van der Waals surface area contributed by atoms with Crippen molar-refractivity contribution >= 4 is 5.91 Å². The zero-order valence-electron chi connectivity index (χ0n) is 12.9. The Balaban J connectivity index is 1.52. The van der Waals surface area contributed by atoms with Gasteiger partial charge >= 0.3 is 0 Å². The molecule has 116 valence electrons. The van der Waals surface area contributed by atoms with Gasteiger partial charge in [-0.1, -0.05) is 19.0 Å². The average Bonchev–Trinajstić information content (AvgIpc) is 2.91. The second-order valence-corrected chi connectivity index (χ2v) is 6.22. The number of carbonyl (C=O) groups excluding carboxylic acids is 1. The highest BCUT2D eigenvalue weighted by Gasteiger charge is 2.32. The monoisotopic (exact) mass is 300 g/mol. The van der Waals surface area contributed by atoms with Crippen molar-refractivity contribution < 1.29 is 9.32 Å². The number of carbonyl (C=O) groups is 1. The van der Waals surface area contributed by atoms with E-state index in [0.29, 0.717) is 30.0 Å². The van der Waals surface area contributed by atoms with E-state index >= 15 is 0 Å². The second kappa shape index (κ2) is 6.25. The van der Waals surface area contributed by atoms with Crippen LogP contribution in [0.15, 0.2) is 29.0 Å². The minimum Gasteiger partial charge on any atom is -0.342 e. The topological polar surface area (TPSA) is 72.1 Å². The fourth-order valence-electron chi connectivity index (χ4n) is 2.58. The largest absolute Gasteiger partial charge is 0.342 e. The zero-order valence-corrected chi connectivity index (χ0v) is 12.9. The molecule has 1 amide bonds. The molecule has 1 aliphatic rings. The molecule has 0 bridgehead atoms. The van der Waals surface area contributed by atoms with Gasteiger partial charge in [0.2, 0.25) is 17.6 Å². The van der Waals surface area contributed by atoms with E-state index < -0.39 is 0 Å². The van der Waals surface area contributed by atoms with Gasteiger partial charge in [0.15, 0.2) is 0 Å². The molecule has 0 aromatic carbocycles. The van der Waals surface area contributed by atoms with Gasteiger partial charge in [0.05, 0.1) is 0 Å². The van der Waals surface area contributed by atoms with Crippen LogP contribution in [0, 0.1) is 11.8 Å². The molecule has 3 rings (SSSR count). The maximum atomic E-state index is 11.9. The molecule has 1 fully saturated rings. The molecule has 0 radical (unpaired) electrons. The van der Waals surface area contributed by atoms with Gasteiger partial charge in [0.1, 0.15) is 0 Å². The van der Waals surface area contributed by atoms with Crippen LogP contribution in [0.25, 0.3) is 11.4 Å². The standard InChI is InChI=1S/C16H20N4O2/c1-11(2)6-15(21)20-9-12(10-20)7-14-18-16(19-22-14)13-4-3-5-17-8-13/h3-5,8,11-12H,6-7,9-10H2,1-2H3. The van der Waals surface area contributed by atoms with Gasteiger partial charge in [0.25, 0.3) is 0 Å². The van der Waals surface area contributed by atoms with Crippen LogP contribution in [0.4, 0.5) is 0 Å². The number of rotatable bonds is 5. The van der Waals surface area contributed by atoms with E-state index in [1.54, 1.807) is 12.4 Å². The second-order valence-electron chi connectivity index (χ2n) is 6.22. The predicted octanol–water partition coefficient (Wildman–Crippen LogP) is 2.18. The summed E-state index contributed by atoms with van der Waals surface area (Å²) >= 11 is 0. The van der Waals surface area contributed by atoms with Crippen molar-refractivity contribution in [3.63, 3.8) is 0 Å². The van der Waals surface area contributed by atoms with E-state index in [9.17, 15) is 4.79 Å². The number of likely N-dealkylation sites (tertiary alicyclic amines) is 1. The van der Waals surface area contributed by atoms with Crippen LogP contribution in [0.3, 0.4) is 0 Å². The van der Waals surface area contributed by atoms with Crippen LogP contribution in [-0.4, -0.2) is 39.0 Å². The molecule has 1 aliphatic heterocycles. The Morgan fingerprint density at radius 3 is 2.95 bits per heavy atom. The van der Waals surface area contributed by atoms with Crippen molar-refractivity contribution in [2.75, 3.05) is 13.1 Å². The highest BCUT2D eigenvalue weighted by molar-refractivity contribution is 5.77. The number of nitrogens with zero attached hydrogens (tertiary/aromatic N) is 4. The molecule has 1 saturated heterocycles. The maximum Gasteiger partial charge on any atom is 0.227 e. The Kier molecular flexibility index (Phi) is 4.18. The Morgan fingerprint density at radius 2 is 2.27 bits per heavy atom. The number of hydrogen-bond acceptors (Lipinski definition) is 5. The van der Waals surface area contributed by atoms with Gasteiger partial charge in [-0.05, 0) is 18.1 Å². The van der Waals surface area contributed by atoms with Gasteiger partial charge in [-0.3, -0.25) is 9.78 Å². The van der Waals surface area contributed by atoms with Crippen LogP contribution in [0.1, 0.15) is 26.2 Å². The summed E-state index contributed by atoms with van der Waals surface area (Å²) < 4.78 is 5.29. The first-order valence-corrected chi connectivity index (χ1v) is 7.62.